The van der Waals surface area contributed by atoms with Crippen LogP contribution in [-0.2, 0) is 6.54 Å². The number of nitrogens with two attached hydrogens (primary N) is 1. The number of amides is 3. The van der Waals surface area contributed by atoms with Gasteiger partial charge in [-0.25, -0.2) is 4.79 Å². The number of rotatable bonds is 5. The molecule has 170 valence electrons. The maximum absolute atomic E-state index is 13.5. The molecule has 1 heterocycles. The van der Waals surface area contributed by atoms with Crippen LogP contribution in [0.3, 0.4) is 0 Å². The number of hydrogen-bond donors (Lipinski definition) is 2. The molecule has 3 atom stereocenters. The Morgan fingerprint density at radius 2 is 1.91 bits per heavy atom. The van der Waals surface area contributed by atoms with Crippen molar-refractivity contribution in [3.63, 3.8) is 0 Å². The second-order valence-electron chi connectivity index (χ2n) is 8.64. The van der Waals surface area contributed by atoms with Gasteiger partial charge in [-0.15, -0.1) is 0 Å². The fourth-order valence-electron chi connectivity index (χ4n) is 4.56. The van der Waals surface area contributed by atoms with E-state index in [1.165, 1.54) is 12.5 Å². The minimum absolute atomic E-state index is 0.101. The Balaban J connectivity index is 1.58. The number of fused-ring (bicyclic) bond motifs is 1. The third-order valence-electron chi connectivity index (χ3n) is 6.60. The summed E-state index contributed by atoms with van der Waals surface area (Å²) in [6.45, 7) is 5.11. The van der Waals surface area contributed by atoms with Crippen molar-refractivity contribution >= 4 is 29.2 Å². The molecule has 0 aromatic heterocycles. The minimum Gasteiger partial charge on any atom is -0.454 e. The molecule has 0 radical (unpaired) electrons. The average Bonchev–Trinajstić information content (AvgIpc) is 3.22. The number of anilines is 1. The zero-order chi connectivity index (χ0) is 22.8. The Hall–Kier alpha value is -2.93. The minimum atomic E-state index is -0.609. The van der Waals surface area contributed by atoms with Gasteiger partial charge in [0.05, 0.1) is 10.6 Å². The van der Waals surface area contributed by atoms with Gasteiger partial charge in [-0.1, -0.05) is 44.4 Å². The van der Waals surface area contributed by atoms with Crippen molar-refractivity contribution in [3.8, 4) is 11.5 Å². The lowest BCUT2D eigenvalue weighted by Gasteiger charge is -2.41. The molecule has 0 unspecified atom stereocenters. The number of carbonyl (C=O) groups is 2. The van der Waals surface area contributed by atoms with Crippen molar-refractivity contribution in [1.82, 2.24) is 4.90 Å². The summed E-state index contributed by atoms with van der Waals surface area (Å²) < 4.78 is 10.9. The van der Waals surface area contributed by atoms with Crippen LogP contribution in [0.15, 0.2) is 36.4 Å². The molecule has 0 saturated heterocycles. The molecule has 1 fully saturated rings. The fraction of sp³-hybridized carbons (Fsp3) is 0.417. The van der Waals surface area contributed by atoms with Gasteiger partial charge < -0.3 is 25.4 Å². The molecule has 1 aliphatic carbocycles. The summed E-state index contributed by atoms with van der Waals surface area (Å²) >= 11 is 6.17. The summed E-state index contributed by atoms with van der Waals surface area (Å²) in [7, 11) is 0. The molecule has 8 heteroatoms. The molecule has 0 bridgehead atoms. The van der Waals surface area contributed by atoms with E-state index in [9.17, 15) is 9.59 Å². The van der Waals surface area contributed by atoms with Crippen LogP contribution in [-0.4, -0.2) is 29.7 Å². The third kappa shape index (κ3) is 4.63. The van der Waals surface area contributed by atoms with Crippen LogP contribution >= 0.6 is 11.6 Å². The fourth-order valence-corrected chi connectivity index (χ4v) is 4.83. The van der Waals surface area contributed by atoms with Gasteiger partial charge in [-0.2, -0.15) is 0 Å². The van der Waals surface area contributed by atoms with Crippen molar-refractivity contribution in [1.29, 1.82) is 0 Å². The Kier molecular flexibility index (Phi) is 6.46. The average molecular weight is 458 g/mol. The summed E-state index contributed by atoms with van der Waals surface area (Å²) in [5.41, 5.74) is 7.03. The highest BCUT2D eigenvalue weighted by molar-refractivity contribution is 6.34. The van der Waals surface area contributed by atoms with Gasteiger partial charge in [-0.3, -0.25) is 4.79 Å². The first kappa shape index (κ1) is 22.3. The van der Waals surface area contributed by atoms with E-state index < -0.39 is 5.91 Å². The number of halogens is 1. The summed E-state index contributed by atoms with van der Waals surface area (Å²) in [4.78, 5) is 26.8. The quantitative estimate of drug-likeness (QED) is 0.658. The molecular weight excluding hydrogens is 430 g/mol. The number of ether oxygens (including phenoxy) is 2. The van der Waals surface area contributed by atoms with E-state index in [1.807, 2.05) is 23.1 Å². The topological polar surface area (TPSA) is 93.9 Å². The van der Waals surface area contributed by atoms with Gasteiger partial charge in [0.1, 0.15) is 0 Å². The normalized spacial score (nSPS) is 21.8. The largest absolute Gasteiger partial charge is 0.454 e. The zero-order valence-electron chi connectivity index (χ0n) is 18.3. The second kappa shape index (κ2) is 9.28. The number of benzene rings is 2. The molecule has 3 N–H and O–H groups in total. The highest BCUT2D eigenvalue weighted by Gasteiger charge is 2.34. The molecule has 0 spiro atoms. The Bertz CT molecular complexity index is 1030. The van der Waals surface area contributed by atoms with Crippen molar-refractivity contribution in [2.45, 2.75) is 45.7 Å². The van der Waals surface area contributed by atoms with Gasteiger partial charge in [0, 0.05) is 18.3 Å². The van der Waals surface area contributed by atoms with E-state index >= 15 is 0 Å². The summed E-state index contributed by atoms with van der Waals surface area (Å²) in [6, 6.07) is 10.4. The van der Waals surface area contributed by atoms with Crippen LogP contribution in [0.4, 0.5) is 10.5 Å². The number of urea groups is 1. The smallest absolute Gasteiger partial charge is 0.322 e. The molecule has 2 aliphatic rings. The number of nitrogens with one attached hydrogen (secondary N) is 1. The van der Waals surface area contributed by atoms with Gasteiger partial charge >= 0.3 is 6.03 Å². The van der Waals surface area contributed by atoms with Gasteiger partial charge in [-0.05, 0) is 54.2 Å². The van der Waals surface area contributed by atoms with Crippen LogP contribution in [0.1, 0.15) is 49.0 Å². The highest BCUT2D eigenvalue weighted by atomic mass is 35.5. The van der Waals surface area contributed by atoms with Gasteiger partial charge in [0.2, 0.25) is 12.7 Å². The van der Waals surface area contributed by atoms with E-state index in [-0.39, 0.29) is 29.5 Å². The predicted molar refractivity (Wildman–Crippen MR) is 123 cm³/mol. The van der Waals surface area contributed by atoms with Crippen molar-refractivity contribution < 1.29 is 19.1 Å². The molecule has 1 aliphatic heterocycles. The van der Waals surface area contributed by atoms with E-state index in [0.29, 0.717) is 35.6 Å². The Labute approximate surface area is 192 Å². The van der Waals surface area contributed by atoms with E-state index in [2.05, 4.69) is 19.2 Å². The van der Waals surface area contributed by atoms with E-state index in [4.69, 9.17) is 26.8 Å². The van der Waals surface area contributed by atoms with Gasteiger partial charge in [0.25, 0.3) is 0 Å². The molecule has 1 saturated carbocycles. The number of carbonyl (C=O) groups excluding carboxylic acids is 2. The lowest BCUT2D eigenvalue weighted by atomic mass is 9.77. The second-order valence-corrected chi connectivity index (χ2v) is 9.05. The summed E-state index contributed by atoms with van der Waals surface area (Å²) in [5, 5.41) is 3.15. The summed E-state index contributed by atoms with van der Waals surface area (Å²) in [5.74, 6) is 1.70. The third-order valence-corrected chi connectivity index (χ3v) is 6.91. The molecule has 2 aromatic carbocycles. The Morgan fingerprint density at radius 3 is 2.66 bits per heavy atom. The maximum Gasteiger partial charge on any atom is 0.322 e. The maximum atomic E-state index is 13.5. The van der Waals surface area contributed by atoms with Crippen LogP contribution in [0.25, 0.3) is 0 Å². The highest BCUT2D eigenvalue weighted by Crippen LogP contribution is 2.36. The predicted octanol–water partition coefficient (Wildman–Crippen LogP) is 5.03. The first-order valence-electron chi connectivity index (χ1n) is 10.9. The molecule has 7 nitrogen and oxygen atoms in total. The van der Waals surface area contributed by atoms with Crippen molar-refractivity contribution in [2.75, 3.05) is 12.1 Å². The van der Waals surface area contributed by atoms with Crippen LogP contribution in [0.2, 0.25) is 5.02 Å². The van der Waals surface area contributed by atoms with Crippen LogP contribution < -0.4 is 20.5 Å². The molecule has 2 aromatic rings. The first-order valence-corrected chi connectivity index (χ1v) is 11.3. The number of hydrogen-bond acceptors (Lipinski definition) is 4. The molecule has 4 rings (SSSR count). The van der Waals surface area contributed by atoms with Gasteiger partial charge in [0.15, 0.2) is 11.5 Å². The molecular formula is C24H28ClN3O4. The number of primary amides is 1. The van der Waals surface area contributed by atoms with Crippen molar-refractivity contribution in [2.24, 2.45) is 17.6 Å². The standard InChI is InChI=1S/C24H28ClN3O4/c1-14-4-3-5-20(15(14)2)28(12-16-6-9-21-22(10-16)32-13-31-21)24(30)27-17-7-8-18(23(26)29)19(25)11-17/h6-11,14-15,20H,3-5,12-13H2,1-2H3,(H2,26,29)(H,27,30)/t14-,15-,20+/m1/s1. The SMILES string of the molecule is C[C@@H]1[C@H](C)CCC[C@@H]1N(Cc1ccc2c(c1)OCO2)C(=O)Nc1ccc(C(N)=O)c(Cl)c1. The monoisotopic (exact) mass is 457 g/mol. The Morgan fingerprint density at radius 1 is 1.12 bits per heavy atom. The lowest BCUT2D eigenvalue weighted by Crippen LogP contribution is -2.48. The van der Waals surface area contributed by atoms with E-state index in [0.717, 1.165) is 18.4 Å². The number of nitrogens with zero attached hydrogens (tertiary/aromatic N) is 1. The first-order chi connectivity index (χ1) is 15.3. The van der Waals surface area contributed by atoms with Crippen LogP contribution in [0, 0.1) is 11.8 Å². The molecule has 32 heavy (non-hydrogen) atoms. The lowest BCUT2D eigenvalue weighted by molar-refractivity contribution is 0.1000. The van der Waals surface area contributed by atoms with Crippen molar-refractivity contribution in [3.05, 3.63) is 52.5 Å². The zero-order valence-corrected chi connectivity index (χ0v) is 19.0. The van der Waals surface area contributed by atoms with E-state index in [1.54, 1.807) is 12.1 Å². The molecule has 3 amide bonds. The van der Waals surface area contributed by atoms with Crippen LogP contribution in [0.5, 0.6) is 11.5 Å². The summed E-state index contributed by atoms with van der Waals surface area (Å²) in [6.07, 6.45) is 3.20.